The monoisotopic (exact) mass is 536 g/mol. The van der Waals surface area contributed by atoms with Crippen LogP contribution in [0.25, 0.3) is 10.9 Å². The molecule has 2 aliphatic heterocycles. The van der Waals surface area contributed by atoms with Crippen molar-refractivity contribution in [2.75, 3.05) is 46.6 Å². The Morgan fingerprint density at radius 2 is 2.03 bits per heavy atom. The van der Waals surface area contributed by atoms with Crippen molar-refractivity contribution < 1.29 is 23.3 Å². The van der Waals surface area contributed by atoms with Crippen LogP contribution in [-0.4, -0.2) is 67.6 Å². The van der Waals surface area contributed by atoms with E-state index in [9.17, 15) is 4.39 Å². The number of aromatic amines is 1. The third kappa shape index (κ3) is 6.49. The van der Waals surface area contributed by atoms with Gasteiger partial charge in [-0.15, -0.1) is 0 Å². The minimum atomic E-state index is -0.0228. The molecule has 4 heterocycles. The fourth-order valence-corrected chi connectivity index (χ4v) is 5.27. The summed E-state index contributed by atoms with van der Waals surface area (Å²) in [5.41, 5.74) is 4.04. The van der Waals surface area contributed by atoms with Crippen molar-refractivity contribution in [1.29, 1.82) is 0 Å². The van der Waals surface area contributed by atoms with Gasteiger partial charge in [0.1, 0.15) is 23.6 Å². The molecule has 0 aliphatic carbocycles. The van der Waals surface area contributed by atoms with E-state index in [1.807, 2.05) is 32.0 Å². The van der Waals surface area contributed by atoms with Gasteiger partial charge in [0, 0.05) is 41.4 Å². The summed E-state index contributed by atoms with van der Waals surface area (Å²) < 4.78 is 36.6. The first-order chi connectivity index (χ1) is 19.0. The number of nitrogens with zero attached hydrogens (tertiary/aromatic N) is 3. The molecule has 1 aromatic carbocycles. The molecule has 0 saturated carbocycles. The number of methoxy groups -OCH3 is 1. The van der Waals surface area contributed by atoms with E-state index in [0.717, 1.165) is 56.1 Å². The van der Waals surface area contributed by atoms with Crippen molar-refractivity contribution >= 4 is 22.9 Å². The van der Waals surface area contributed by atoms with E-state index in [-0.39, 0.29) is 5.76 Å². The predicted molar refractivity (Wildman–Crippen MR) is 150 cm³/mol. The number of nitrogens with one attached hydrogen (secondary N) is 1. The molecule has 0 amide bonds. The summed E-state index contributed by atoms with van der Waals surface area (Å²) in [7, 11) is 1.62. The maximum absolute atomic E-state index is 13.7. The van der Waals surface area contributed by atoms with Crippen molar-refractivity contribution in [2.45, 2.75) is 39.7 Å². The van der Waals surface area contributed by atoms with Crippen LogP contribution in [0.4, 0.5) is 10.2 Å². The average Bonchev–Trinajstić information content (AvgIpc) is 3.26. The number of piperidine rings is 1. The van der Waals surface area contributed by atoms with Gasteiger partial charge in [-0.3, -0.25) is 4.98 Å². The van der Waals surface area contributed by atoms with Gasteiger partial charge in [0.25, 0.3) is 0 Å². The van der Waals surface area contributed by atoms with Gasteiger partial charge >= 0.3 is 0 Å². The molecule has 0 atom stereocenters. The quantitative estimate of drug-likeness (QED) is 0.190. The molecular formula is C30H37FN4O4. The van der Waals surface area contributed by atoms with Gasteiger partial charge in [0.05, 0.1) is 38.7 Å². The lowest BCUT2D eigenvalue weighted by atomic mass is 9.77. The second kappa shape index (κ2) is 12.3. The van der Waals surface area contributed by atoms with E-state index in [4.69, 9.17) is 18.9 Å². The van der Waals surface area contributed by atoms with E-state index in [0.29, 0.717) is 53.2 Å². The molecule has 208 valence electrons. The molecule has 9 heteroatoms. The molecule has 0 radical (unpaired) electrons. The highest BCUT2D eigenvalue weighted by atomic mass is 19.1. The number of H-pyrrole nitrogens is 1. The number of hydrogen-bond acceptors (Lipinski definition) is 7. The molecule has 1 N–H and O–H groups in total. The number of allylic oxidation sites excluding steroid dienone is 1. The molecule has 2 fully saturated rings. The summed E-state index contributed by atoms with van der Waals surface area (Å²) >= 11 is 0. The van der Waals surface area contributed by atoms with Crippen LogP contribution in [0.5, 0.6) is 11.5 Å². The molecule has 0 bridgehead atoms. The normalized spacial score (nSPS) is 17.7. The Kier molecular flexibility index (Phi) is 8.60. The van der Waals surface area contributed by atoms with Crippen LogP contribution in [0.15, 0.2) is 47.5 Å². The van der Waals surface area contributed by atoms with Crippen molar-refractivity contribution in [3.05, 3.63) is 59.4 Å². The zero-order valence-corrected chi connectivity index (χ0v) is 23.0. The number of pyridine rings is 1. The minimum Gasteiger partial charge on any atom is -0.496 e. The SMILES string of the molecule is COc1cc2c(O/C(C=Nc3[nH]c(C)cc3C)=C\F)ccnc2cc1COCCCN1CCC2(CC1)COC2. The second-order valence-corrected chi connectivity index (χ2v) is 10.6. The standard InChI is InChI=1S/C30H37FN4O4/c1-21-13-22(2)34-29(21)33-17-24(16-31)39-27-5-8-32-26-14-23(28(36-3)15-25(26)27)18-37-12-4-9-35-10-6-30(7-11-35)19-38-20-30/h5,8,13-17,34H,4,6-7,9-12,18-20H2,1-3H3/b24-16-,33-17?. The Bertz CT molecular complexity index is 1340. The lowest BCUT2D eigenvalue weighted by Gasteiger charge is -2.47. The Balaban J connectivity index is 1.18. The van der Waals surface area contributed by atoms with Crippen LogP contribution in [-0.2, 0) is 16.1 Å². The van der Waals surface area contributed by atoms with Crippen LogP contribution in [0.2, 0.25) is 0 Å². The van der Waals surface area contributed by atoms with Gasteiger partial charge in [-0.05, 0) is 76.0 Å². The van der Waals surface area contributed by atoms with Crippen molar-refractivity contribution in [3.8, 4) is 11.5 Å². The number of benzene rings is 1. The highest BCUT2D eigenvalue weighted by molar-refractivity contribution is 5.88. The summed E-state index contributed by atoms with van der Waals surface area (Å²) in [4.78, 5) is 14.5. The maximum atomic E-state index is 13.7. The third-order valence-electron chi connectivity index (χ3n) is 7.64. The number of aliphatic imine (C=N–C) groups is 1. The highest BCUT2D eigenvalue weighted by Crippen LogP contribution is 2.38. The van der Waals surface area contributed by atoms with Crippen LogP contribution >= 0.6 is 0 Å². The lowest BCUT2D eigenvalue weighted by Crippen LogP contribution is -2.51. The largest absolute Gasteiger partial charge is 0.496 e. The second-order valence-electron chi connectivity index (χ2n) is 10.6. The molecule has 39 heavy (non-hydrogen) atoms. The van der Waals surface area contributed by atoms with Crippen LogP contribution < -0.4 is 9.47 Å². The highest BCUT2D eigenvalue weighted by Gasteiger charge is 2.40. The molecule has 5 rings (SSSR count). The number of rotatable bonds is 11. The van der Waals surface area contributed by atoms with E-state index < -0.39 is 0 Å². The Morgan fingerprint density at radius 3 is 2.69 bits per heavy atom. The van der Waals surface area contributed by atoms with Crippen LogP contribution in [0.3, 0.4) is 0 Å². The summed E-state index contributed by atoms with van der Waals surface area (Å²) in [5.74, 6) is 1.76. The van der Waals surface area contributed by atoms with Crippen molar-refractivity contribution in [3.63, 3.8) is 0 Å². The summed E-state index contributed by atoms with van der Waals surface area (Å²) in [5, 5.41) is 0.706. The zero-order chi connectivity index (χ0) is 27.2. The molecule has 1 spiro atoms. The third-order valence-corrected chi connectivity index (χ3v) is 7.64. The topological polar surface area (TPSA) is 81.2 Å². The Hall–Kier alpha value is -3.27. The average molecular weight is 537 g/mol. The lowest BCUT2D eigenvalue weighted by molar-refractivity contribution is -0.139. The number of aromatic nitrogens is 2. The summed E-state index contributed by atoms with van der Waals surface area (Å²) in [6.07, 6.45) is 6.85. The van der Waals surface area contributed by atoms with Crippen LogP contribution in [0, 0.1) is 19.3 Å². The van der Waals surface area contributed by atoms with E-state index in [1.54, 1.807) is 19.4 Å². The summed E-state index contributed by atoms with van der Waals surface area (Å²) in [6, 6.07) is 7.46. The predicted octanol–water partition coefficient (Wildman–Crippen LogP) is 5.80. The first-order valence-corrected chi connectivity index (χ1v) is 13.5. The van der Waals surface area contributed by atoms with Gasteiger partial charge in [-0.1, -0.05) is 0 Å². The summed E-state index contributed by atoms with van der Waals surface area (Å²) in [6.45, 7) is 10.2. The van der Waals surface area contributed by atoms with E-state index in [1.165, 1.54) is 19.1 Å². The number of ether oxygens (including phenoxy) is 4. The number of fused-ring (bicyclic) bond motifs is 1. The van der Waals surface area contributed by atoms with Crippen molar-refractivity contribution in [2.24, 2.45) is 10.4 Å². The van der Waals surface area contributed by atoms with Gasteiger partial charge < -0.3 is 28.8 Å². The van der Waals surface area contributed by atoms with Gasteiger partial charge in [0.15, 0.2) is 5.76 Å². The van der Waals surface area contributed by atoms with Gasteiger partial charge in [-0.25, -0.2) is 9.38 Å². The fraction of sp³-hybridized carbons (Fsp3) is 0.467. The Labute approximate surface area is 228 Å². The number of halogens is 1. The zero-order valence-electron chi connectivity index (χ0n) is 23.0. The van der Waals surface area contributed by atoms with Gasteiger partial charge in [0.2, 0.25) is 0 Å². The fourth-order valence-electron chi connectivity index (χ4n) is 5.27. The van der Waals surface area contributed by atoms with Crippen LogP contribution in [0.1, 0.15) is 36.1 Å². The molecule has 0 unspecified atom stereocenters. The van der Waals surface area contributed by atoms with Gasteiger partial charge in [-0.2, -0.15) is 0 Å². The minimum absolute atomic E-state index is 0.0228. The smallest absolute Gasteiger partial charge is 0.173 e. The molecule has 8 nitrogen and oxygen atoms in total. The number of aryl methyl sites for hydroxylation is 2. The van der Waals surface area contributed by atoms with E-state index >= 15 is 0 Å². The first-order valence-electron chi connectivity index (χ1n) is 13.5. The van der Waals surface area contributed by atoms with E-state index in [2.05, 4.69) is 19.9 Å². The number of likely N-dealkylation sites (tertiary alicyclic amines) is 1. The molecule has 2 aromatic heterocycles. The molecule has 2 saturated heterocycles. The molecule has 2 aliphatic rings. The first kappa shape index (κ1) is 27.3. The van der Waals surface area contributed by atoms with Crippen molar-refractivity contribution in [1.82, 2.24) is 14.9 Å². The number of hydrogen-bond donors (Lipinski definition) is 1. The maximum Gasteiger partial charge on any atom is 0.173 e. The Morgan fingerprint density at radius 1 is 1.21 bits per heavy atom. The molecule has 3 aromatic rings. The molecular weight excluding hydrogens is 499 g/mol.